The Kier molecular flexibility index (Phi) is 5.89. The van der Waals surface area contributed by atoms with E-state index in [1.54, 1.807) is 16.7 Å². The number of halogens is 1. The van der Waals surface area contributed by atoms with Crippen molar-refractivity contribution < 1.29 is 4.74 Å². The second-order valence-corrected chi connectivity index (χ2v) is 5.21. The highest BCUT2D eigenvalue weighted by Gasteiger charge is 2.19. The number of ether oxygens (including phenoxy) is 1. The molecular weight excluding hydrogens is 264 g/mol. The summed E-state index contributed by atoms with van der Waals surface area (Å²) in [5.74, 6) is 0.567. The van der Waals surface area contributed by atoms with Gasteiger partial charge < -0.3 is 14.2 Å². The van der Waals surface area contributed by atoms with E-state index in [2.05, 4.69) is 4.90 Å². The van der Waals surface area contributed by atoms with Gasteiger partial charge in [-0.15, -0.1) is 11.6 Å². The van der Waals surface area contributed by atoms with Crippen LogP contribution in [0.3, 0.4) is 0 Å². The molecule has 1 saturated heterocycles. The molecule has 1 fully saturated rings. The molecule has 0 radical (unpaired) electrons. The van der Waals surface area contributed by atoms with Gasteiger partial charge in [-0.2, -0.15) is 0 Å². The molecule has 0 amide bonds. The number of rotatable bonds is 6. The predicted octanol–water partition coefficient (Wildman–Crippen LogP) is 1.57. The highest BCUT2D eigenvalue weighted by atomic mass is 35.5. The lowest BCUT2D eigenvalue weighted by atomic mass is 10.1. The van der Waals surface area contributed by atoms with Crippen molar-refractivity contribution in [1.29, 1.82) is 0 Å². The first-order valence-electron chi connectivity index (χ1n) is 6.85. The average Bonchev–Trinajstić information content (AvgIpc) is 2.45. The van der Waals surface area contributed by atoms with E-state index in [9.17, 15) is 4.79 Å². The van der Waals surface area contributed by atoms with E-state index in [0.717, 1.165) is 39.0 Å². The molecule has 0 saturated carbocycles. The lowest BCUT2D eigenvalue weighted by molar-refractivity contribution is 0.0146. The first-order chi connectivity index (χ1) is 9.29. The third-order valence-corrected chi connectivity index (χ3v) is 3.68. The quantitative estimate of drug-likeness (QED) is 0.744. The third-order valence-electron chi connectivity index (χ3n) is 3.52. The molecular formula is C14H21ClN2O2. The molecule has 2 heterocycles. The molecule has 0 bridgehead atoms. The van der Waals surface area contributed by atoms with Crippen LogP contribution in [0, 0.1) is 0 Å². The summed E-state index contributed by atoms with van der Waals surface area (Å²) in [5.41, 5.74) is 0.0721. The summed E-state index contributed by atoms with van der Waals surface area (Å²) in [6, 6.07) is 5.28. The van der Waals surface area contributed by atoms with Crippen molar-refractivity contribution >= 4 is 11.6 Å². The average molecular weight is 285 g/mol. The van der Waals surface area contributed by atoms with Gasteiger partial charge in [0.15, 0.2) is 0 Å². The Balaban J connectivity index is 1.71. The second-order valence-electron chi connectivity index (χ2n) is 4.83. The first-order valence-corrected chi connectivity index (χ1v) is 7.38. The number of nitrogens with zero attached hydrogens (tertiary/aromatic N) is 2. The van der Waals surface area contributed by atoms with Crippen LogP contribution in [0.5, 0.6) is 0 Å². The minimum Gasteiger partial charge on any atom is -0.377 e. The van der Waals surface area contributed by atoms with Gasteiger partial charge in [-0.1, -0.05) is 6.07 Å². The molecule has 5 heteroatoms. The summed E-state index contributed by atoms with van der Waals surface area (Å²) in [6.45, 7) is 4.40. The molecule has 1 aromatic heterocycles. The predicted molar refractivity (Wildman–Crippen MR) is 76.8 cm³/mol. The van der Waals surface area contributed by atoms with Crippen LogP contribution in [0.4, 0.5) is 0 Å². The molecule has 1 aliphatic rings. The van der Waals surface area contributed by atoms with Crippen LogP contribution in [-0.2, 0) is 11.3 Å². The largest absolute Gasteiger partial charge is 0.377 e. The van der Waals surface area contributed by atoms with E-state index >= 15 is 0 Å². The SMILES string of the molecule is O=c1ccccn1CCN1CCC(OCCCl)CC1. The smallest absolute Gasteiger partial charge is 0.250 e. The molecule has 106 valence electrons. The molecule has 0 N–H and O–H groups in total. The van der Waals surface area contributed by atoms with E-state index in [1.807, 2.05) is 12.3 Å². The fourth-order valence-corrected chi connectivity index (χ4v) is 2.49. The highest BCUT2D eigenvalue weighted by Crippen LogP contribution is 2.13. The molecule has 0 atom stereocenters. The van der Waals surface area contributed by atoms with Crippen LogP contribution in [0.15, 0.2) is 29.2 Å². The Labute approximate surface area is 118 Å². The number of piperidine rings is 1. The summed E-state index contributed by atoms with van der Waals surface area (Å²) < 4.78 is 7.41. The van der Waals surface area contributed by atoms with Crippen molar-refractivity contribution in [2.45, 2.75) is 25.5 Å². The number of alkyl halides is 1. The molecule has 0 aliphatic carbocycles. The van der Waals surface area contributed by atoms with Crippen LogP contribution in [0.2, 0.25) is 0 Å². The molecule has 1 aromatic rings. The van der Waals surface area contributed by atoms with E-state index in [0.29, 0.717) is 18.6 Å². The van der Waals surface area contributed by atoms with Crippen molar-refractivity contribution in [2.24, 2.45) is 0 Å². The zero-order chi connectivity index (χ0) is 13.5. The Morgan fingerprint density at radius 3 is 2.74 bits per heavy atom. The number of aromatic nitrogens is 1. The topological polar surface area (TPSA) is 34.5 Å². The molecule has 4 nitrogen and oxygen atoms in total. The molecule has 19 heavy (non-hydrogen) atoms. The Bertz CT molecular complexity index is 427. The summed E-state index contributed by atoms with van der Waals surface area (Å²) in [4.78, 5) is 14.0. The van der Waals surface area contributed by atoms with Gasteiger partial charge in [-0.3, -0.25) is 4.79 Å². The Morgan fingerprint density at radius 2 is 2.05 bits per heavy atom. The third kappa shape index (κ3) is 4.64. The second kappa shape index (κ2) is 7.68. The van der Waals surface area contributed by atoms with Crippen molar-refractivity contribution in [3.8, 4) is 0 Å². The first kappa shape index (κ1) is 14.6. The summed E-state index contributed by atoms with van der Waals surface area (Å²) in [7, 11) is 0. The molecule has 0 aromatic carbocycles. The maximum Gasteiger partial charge on any atom is 0.250 e. The van der Waals surface area contributed by atoms with Crippen LogP contribution < -0.4 is 5.56 Å². The normalized spacial score (nSPS) is 17.7. The summed E-state index contributed by atoms with van der Waals surface area (Å²) >= 11 is 5.61. The number of hydrogen-bond donors (Lipinski definition) is 0. The zero-order valence-electron chi connectivity index (χ0n) is 11.1. The van der Waals surface area contributed by atoms with Gasteiger partial charge in [0.25, 0.3) is 5.56 Å². The monoisotopic (exact) mass is 284 g/mol. The highest BCUT2D eigenvalue weighted by molar-refractivity contribution is 6.17. The van der Waals surface area contributed by atoms with Crippen molar-refractivity contribution in [1.82, 2.24) is 9.47 Å². The maximum absolute atomic E-state index is 11.6. The Morgan fingerprint density at radius 1 is 1.26 bits per heavy atom. The van der Waals surface area contributed by atoms with Crippen LogP contribution in [0.1, 0.15) is 12.8 Å². The molecule has 0 spiro atoms. The summed E-state index contributed by atoms with van der Waals surface area (Å²) in [6.07, 6.45) is 4.31. The van der Waals surface area contributed by atoms with E-state index < -0.39 is 0 Å². The van der Waals surface area contributed by atoms with Gasteiger partial charge in [0, 0.05) is 44.3 Å². The maximum atomic E-state index is 11.6. The zero-order valence-corrected chi connectivity index (χ0v) is 11.9. The Hall–Kier alpha value is -0.840. The molecule has 0 unspecified atom stereocenters. The lowest BCUT2D eigenvalue weighted by Crippen LogP contribution is -2.39. The van der Waals surface area contributed by atoms with Gasteiger partial charge in [-0.05, 0) is 18.9 Å². The fourth-order valence-electron chi connectivity index (χ4n) is 2.41. The van der Waals surface area contributed by atoms with Gasteiger partial charge in [0.05, 0.1) is 12.7 Å². The number of likely N-dealkylation sites (tertiary alicyclic amines) is 1. The van der Waals surface area contributed by atoms with Gasteiger partial charge in [0.2, 0.25) is 0 Å². The van der Waals surface area contributed by atoms with Crippen molar-refractivity contribution in [3.63, 3.8) is 0 Å². The molecule has 1 aliphatic heterocycles. The fraction of sp³-hybridized carbons (Fsp3) is 0.643. The van der Waals surface area contributed by atoms with Gasteiger partial charge in [0.1, 0.15) is 0 Å². The minimum absolute atomic E-state index is 0.0721. The van der Waals surface area contributed by atoms with Crippen molar-refractivity contribution in [2.75, 3.05) is 32.1 Å². The molecule has 2 rings (SSSR count). The lowest BCUT2D eigenvalue weighted by Gasteiger charge is -2.31. The summed E-state index contributed by atoms with van der Waals surface area (Å²) in [5, 5.41) is 0. The number of hydrogen-bond acceptors (Lipinski definition) is 3. The van der Waals surface area contributed by atoms with Crippen LogP contribution in [0.25, 0.3) is 0 Å². The van der Waals surface area contributed by atoms with Gasteiger partial charge in [-0.25, -0.2) is 0 Å². The number of pyridine rings is 1. The van der Waals surface area contributed by atoms with Gasteiger partial charge >= 0.3 is 0 Å². The van der Waals surface area contributed by atoms with E-state index in [1.165, 1.54) is 0 Å². The standard InChI is InChI=1S/C14H21ClN2O2/c15-6-12-19-13-4-8-16(9-5-13)10-11-17-7-2-1-3-14(17)18/h1-3,7,13H,4-6,8-12H2. The minimum atomic E-state index is 0.0721. The van der Waals surface area contributed by atoms with E-state index in [4.69, 9.17) is 16.3 Å². The van der Waals surface area contributed by atoms with Crippen LogP contribution >= 0.6 is 11.6 Å². The van der Waals surface area contributed by atoms with Crippen molar-refractivity contribution in [3.05, 3.63) is 34.7 Å². The van der Waals surface area contributed by atoms with E-state index in [-0.39, 0.29) is 5.56 Å². The van der Waals surface area contributed by atoms with Crippen LogP contribution in [-0.4, -0.2) is 47.7 Å².